The van der Waals surface area contributed by atoms with Crippen LogP contribution < -0.4 is 5.48 Å². The molecule has 2 aromatic heterocycles. The van der Waals surface area contributed by atoms with Crippen molar-refractivity contribution in [3.63, 3.8) is 0 Å². The molecule has 0 saturated heterocycles. The maximum Gasteiger partial charge on any atom is 0.354 e. The number of nitrogens with one attached hydrogen (secondary N) is 1. The molecular formula is C20H26N4O5. The van der Waals surface area contributed by atoms with Gasteiger partial charge >= 0.3 is 5.97 Å². The average Bonchev–Trinajstić information content (AvgIpc) is 3.24. The van der Waals surface area contributed by atoms with Gasteiger partial charge in [-0.15, -0.1) is 0 Å². The summed E-state index contributed by atoms with van der Waals surface area (Å²) in [5.41, 5.74) is 2.12. The van der Waals surface area contributed by atoms with Crippen LogP contribution in [0.25, 0.3) is 11.4 Å². The highest BCUT2D eigenvalue weighted by Crippen LogP contribution is 2.31. The summed E-state index contributed by atoms with van der Waals surface area (Å²) in [5, 5.41) is 21.8. The van der Waals surface area contributed by atoms with E-state index in [4.69, 9.17) is 14.8 Å². The van der Waals surface area contributed by atoms with E-state index in [1.807, 2.05) is 0 Å². The fourth-order valence-corrected chi connectivity index (χ4v) is 3.88. The Balaban J connectivity index is 1.66. The lowest BCUT2D eigenvalue weighted by Gasteiger charge is -2.22. The van der Waals surface area contributed by atoms with Crippen LogP contribution in [0.4, 0.5) is 0 Å². The Morgan fingerprint density at radius 2 is 2.03 bits per heavy atom. The number of hydroxylamine groups is 1. The monoisotopic (exact) mass is 402 g/mol. The lowest BCUT2D eigenvalue weighted by Crippen LogP contribution is -2.21. The van der Waals surface area contributed by atoms with E-state index in [1.165, 1.54) is 44.4 Å². The highest BCUT2D eigenvalue weighted by Gasteiger charge is 2.24. The number of nitrogens with zero attached hydrogens (tertiary/aromatic N) is 3. The molecule has 1 fully saturated rings. The maximum atomic E-state index is 11.7. The quantitative estimate of drug-likeness (QED) is 0.427. The third kappa shape index (κ3) is 5.83. The zero-order valence-electron chi connectivity index (χ0n) is 16.2. The summed E-state index contributed by atoms with van der Waals surface area (Å²) >= 11 is 0. The van der Waals surface area contributed by atoms with Gasteiger partial charge in [0.05, 0.1) is 0 Å². The molecule has 0 bridgehead atoms. The van der Waals surface area contributed by atoms with Gasteiger partial charge in [-0.1, -0.05) is 50.1 Å². The van der Waals surface area contributed by atoms with Crippen LogP contribution in [-0.4, -0.2) is 37.3 Å². The lowest BCUT2D eigenvalue weighted by molar-refractivity contribution is -0.129. The molecule has 0 aromatic carbocycles. The number of carbonyl (C=O) groups is 2. The standard InChI is InChI=1S/C20H26N4O5/c25-17(23-28)11-14(8-4-7-13-5-2-1-3-6-13)19-22-18(24-29-19)15-9-10-16(20(26)27)21-12-15/h9-10,12-14,28H,1-8,11H2,(H,23,25)(H,26,27)/t14-/m0/s1. The molecule has 156 valence electrons. The van der Waals surface area contributed by atoms with Gasteiger partial charge in [-0.2, -0.15) is 4.98 Å². The molecule has 1 aliphatic rings. The van der Waals surface area contributed by atoms with Crippen LogP contribution in [0.15, 0.2) is 22.9 Å². The van der Waals surface area contributed by atoms with Crippen molar-refractivity contribution < 1.29 is 24.4 Å². The maximum absolute atomic E-state index is 11.7. The van der Waals surface area contributed by atoms with Crippen molar-refractivity contribution in [1.29, 1.82) is 0 Å². The van der Waals surface area contributed by atoms with E-state index in [1.54, 1.807) is 11.5 Å². The van der Waals surface area contributed by atoms with E-state index < -0.39 is 11.9 Å². The smallest absolute Gasteiger partial charge is 0.354 e. The van der Waals surface area contributed by atoms with Gasteiger partial charge in [0.25, 0.3) is 0 Å². The van der Waals surface area contributed by atoms with Crippen molar-refractivity contribution in [3.05, 3.63) is 29.9 Å². The first-order valence-electron chi connectivity index (χ1n) is 10.0. The first kappa shape index (κ1) is 20.9. The first-order chi connectivity index (χ1) is 14.1. The Bertz CT molecular complexity index is 815. The number of carboxylic acids is 1. The number of hydrogen-bond acceptors (Lipinski definition) is 7. The van der Waals surface area contributed by atoms with Crippen LogP contribution in [0.2, 0.25) is 0 Å². The van der Waals surface area contributed by atoms with Crippen molar-refractivity contribution in [1.82, 2.24) is 20.6 Å². The van der Waals surface area contributed by atoms with Crippen molar-refractivity contribution in [2.75, 3.05) is 0 Å². The fraction of sp³-hybridized carbons (Fsp3) is 0.550. The van der Waals surface area contributed by atoms with Crippen LogP contribution in [-0.2, 0) is 4.79 Å². The Hall–Kier alpha value is -2.81. The van der Waals surface area contributed by atoms with Gasteiger partial charge in [-0.25, -0.2) is 15.3 Å². The molecule has 3 rings (SSSR count). The summed E-state index contributed by atoms with van der Waals surface area (Å²) in [7, 11) is 0. The Labute approximate surface area is 168 Å². The molecule has 1 amide bonds. The first-order valence-corrected chi connectivity index (χ1v) is 10.0. The van der Waals surface area contributed by atoms with E-state index in [2.05, 4.69) is 15.1 Å². The molecular weight excluding hydrogens is 376 g/mol. The molecule has 2 aromatic rings. The number of pyridine rings is 1. The van der Waals surface area contributed by atoms with Gasteiger partial charge in [0.2, 0.25) is 17.6 Å². The van der Waals surface area contributed by atoms with E-state index in [0.29, 0.717) is 17.9 Å². The molecule has 9 nitrogen and oxygen atoms in total. The van der Waals surface area contributed by atoms with Gasteiger partial charge in [0.1, 0.15) is 5.69 Å². The van der Waals surface area contributed by atoms with Gasteiger partial charge in [-0.05, 0) is 24.5 Å². The number of hydrogen-bond donors (Lipinski definition) is 3. The van der Waals surface area contributed by atoms with Crippen molar-refractivity contribution in [2.45, 2.75) is 63.7 Å². The van der Waals surface area contributed by atoms with Crippen molar-refractivity contribution >= 4 is 11.9 Å². The van der Waals surface area contributed by atoms with E-state index in [-0.39, 0.29) is 23.9 Å². The Morgan fingerprint density at radius 3 is 2.69 bits per heavy atom. The van der Waals surface area contributed by atoms with Crippen LogP contribution in [0.5, 0.6) is 0 Å². The summed E-state index contributed by atoms with van der Waals surface area (Å²) < 4.78 is 5.38. The average molecular weight is 402 g/mol. The minimum Gasteiger partial charge on any atom is -0.477 e. The number of rotatable bonds is 9. The highest BCUT2D eigenvalue weighted by atomic mass is 16.5. The summed E-state index contributed by atoms with van der Waals surface area (Å²) in [4.78, 5) is 30.9. The lowest BCUT2D eigenvalue weighted by atomic mass is 9.84. The molecule has 0 aliphatic heterocycles. The summed E-state index contributed by atoms with van der Waals surface area (Å²) in [6.45, 7) is 0. The molecule has 0 spiro atoms. The highest BCUT2D eigenvalue weighted by molar-refractivity contribution is 5.85. The second-order valence-electron chi connectivity index (χ2n) is 7.56. The number of aromatic nitrogens is 3. The van der Waals surface area contributed by atoms with Crippen LogP contribution in [0, 0.1) is 5.92 Å². The van der Waals surface area contributed by atoms with E-state index in [9.17, 15) is 9.59 Å². The minimum absolute atomic E-state index is 0.0546. The van der Waals surface area contributed by atoms with Crippen LogP contribution in [0.3, 0.4) is 0 Å². The molecule has 0 unspecified atom stereocenters. The predicted octanol–water partition coefficient (Wildman–Crippen LogP) is 3.56. The third-order valence-electron chi connectivity index (χ3n) is 5.48. The van der Waals surface area contributed by atoms with Gasteiger partial charge in [-0.3, -0.25) is 10.0 Å². The predicted molar refractivity (Wildman–Crippen MR) is 102 cm³/mol. The molecule has 0 radical (unpaired) electrons. The number of amides is 1. The van der Waals surface area contributed by atoms with E-state index in [0.717, 1.165) is 18.8 Å². The molecule has 3 N–H and O–H groups in total. The topological polar surface area (TPSA) is 138 Å². The molecule has 29 heavy (non-hydrogen) atoms. The third-order valence-corrected chi connectivity index (χ3v) is 5.48. The second-order valence-corrected chi connectivity index (χ2v) is 7.56. The largest absolute Gasteiger partial charge is 0.477 e. The van der Waals surface area contributed by atoms with Crippen molar-refractivity contribution in [3.8, 4) is 11.4 Å². The van der Waals surface area contributed by atoms with Gasteiger partial charge < -0.3 is 9.63 Å². The Kier molecular flexibility index (Phi) is 7.29. The zero-order chi connectivity index (χ0) is 20.6. The molecule has 1 aliphatic carbocycles. The minimum atomic E-state index is -1.11. The Morgan fingerprint density at radius 1 is 1.24 bits per heavy atom. The van der Waals surface area contributed by atoms with Gasteiger partial charge in [0, 0.05) is 24.1 Å². The van der Waals surface area contributed by atoms with E-state index >= 15 is 0 Å². The molecule has 1 atom stereocenters. The fourth-order valence-electron chi connectivity index (χ4n) is 3.88. The molecule has 9 heteroatoms. The van der Waals surface area contributed by atoms with Crippen LogP contribution >= 0.6 is 0 Å². The van der Waals surface area contributed by atoms with Crippen LogP contribution in [0.1, 0.15) is 80.1 Å². The summed E-state index contributed by atoms with van der Waals surface area (Å²) in [5.74, 6) is -0.551. The second kappa shape index (κ2) is 10.1. The van der Waals surface area contributed by atoms with Gasteiger partial charge in [0.15, 0.2) is 0 Å². The normalized spacial score (nSPS) is 15.8. The van der Waals surface area contributed by atoms with Crippen molar-refractivity contribution in [2.24, 2.45) is 5.92 Å². The number of carboxylic acid groups (broad SMARTS) is 1. The number of aromatic carboxylic acids is 1. The number of carbonyl (C=O) groups excluding carboxylic acids is 1. The molecule has 1 saturated carbocycles. The summed E-state index contributed by atoms with van der Waals surface area (Å²) in [6.07, 6.45) is 10.6. The summed E-state index contributed by atoms with van der Waals surface area (Å²) in [6, 6.07) is 2.93. The SMILES string of the molecule is O=C(C[C@H](CCCC1CCCCC1)c1nc(-c2ccc(C(=O)O)nc2)no1)NO. The molecule has 2 heterocycles. The zero-order valence-corrected chi connectivity index (χ0v) is 16.2.